The van der Waals surface area contributed by atoms with Gasteiger partial charge in [0.05, 0.1) is 6.61 Å². The van der Waals surface area contributed by atoms with E-state index in [1.54, 1.807) is 0 Å². The van der Waals surface area contributed by atoms with Crippen LogP contribution in [0.15, 0.2) is 0 Å². The van der Waals surface area contributed by atoms with Gasteiger partial charge in [-0.2, -0.15) is 0 Å². The zero-order chi connectivity index (χ0) is 10.7. The predicted molar refractivity (Wildman–Crippen MR) is 59.7 cm³/mol. The minimum absolute atomic E-state index is 0.0331. The molecular weight excluding hydrogens is 188 g/mol. The molecule has 1 aliphatic carbocycles. The first-order chi connectivity index (χ1) is 7.28. The largest absolute Gasteiger partial charge is 0.381 e. The van der Waals surface area contributed by atoms with Crippen LogP contribution in [-0.4, -0.2) is 19.0 Å². The lowest BCUT2D eigenvalue weighted by Crippen LogP contribution is -2.37. The Morgan fingerprint density at radius 2 is 2.07 bits per heavy atom. The van der Waals surface area contributed by atoms with Crippen molar-refractivity contribution in [2.45, 2.75) is 51.9 Å². The van der Waals surface area contributed by atoms with Gasteiger partial charge in [0, 0.05) is 17.9 Å². The molecule has 0 amide bonds. The highest BCUT2D eigenvalue weighted by Gasteiger charge is 2.42. The molecule has 0 aromatic rings. The Kier molecular flexibility index (Phi) is 3.45. The van der Waals surface area contributed by atoms with Gasteiger partial charge in [-0.1, -0.05) is 19.8 Å². The van der Waals surface area contributed by atoms with Gasteiger partial charge in [-0.05, 0) is 32.1 Å². The minimum atomic E-state index is 0.0331. The lowest BCUT2D eigenvalue weighted by molar-refractivity contribution is -0.137. The highest BCUT2D eigenvalue weighted by molar-refractivity contribution is 5.87. The second-order valence-electron chi connectivity index (χ2n) is 5.12. The van der Waals surface area contributed by atoms with Crippen LogP contribution in [0.2, 0.25) is 0 Å². The van der Waals surface area contributed by atoms with Crippen molar-refractivity contribution in [1.29, 1.82) is 0 Å². The van der Waals surface area contributed by atoms with Crippen LogP contribution in [0, 0.1) is 11.3 Å². The topological polar surface area (TPSA) is 26.3 Å². The third-order valence-electron chi connectivity index (χ3n) is 4.29. The van der Waals surface area contributed by atoms with E-state index in [1.807, 2.05) is 0 Å². The summed E-state index contributed by atoms with van der Waals surface area (Å²) < 4.78 is 5.43. The fraction of sp³-hybridized carbons (Fsp3) is 0.923. The monoisotopic (exact) mass is 210 g/mol. The number of ketones is 1. The number of rotatable bonds is 3. The highest BCUT2D eigenvalue weighted by atomic mass is 16.5. The number of hydrogen-bond acceptors (Lipinski definition) is 2. The number of ether oxygens (including phenoxy) is 1. The lowest BCUT2D eigenvalue weighted by Gasteiger charge is -2.32. The average molecular weight is 210 g/mol. The Bertz CT molecular complexity index is 223. The van der Waals surface area contributed by atoms with Crippen molar-refractivity contribution in [1.82, 2.24) is 0 Å². The molecule has 1 heterocycles. The molecule has 15 heavy (non-hydrogen) atoms. The quantitative estimate of drug-likeness (QED) is 0.716. The third kappa shape index (κ3) is 2.10. The van der Waals surface area contributed by atoms with Gasteiger partial charge in [-0.3, -0.25) is 4.79 Å². The fourth-order valence-electron chi connectivity index (χ4n) is 3.21. The summed E-state index contributed by atoms with van der Waals surface area (Å²) in [7, 11) is 0. The summed E-state index contributed by atoms with van der Waals surface area (Å²) in [6.45, 7) is 3.70. The molecule has 0 bridgehead atoms. The number of carbonyl (C=O) groups is 1. The van der Waals surface area contributed by atoms with Crippen molar-refractivity contribution in [2.75, 3.05) is 13.2 Å². The third-order valence-corrected chi connectivity index (χ3v) is 4.29. The second kappa shape index (κ2) is 4.65. The molecule has 0 spiro atoms. The zero-order valence-corrected chi connectivity index (χ0v) is 9.76. The van der Waals surface area contributed by atoms with E-state index >= 15 is 0 Å². The molecule has 2 aliphatic rings. The van der Waals surface area contributed by atoms with Crippen molar-refractivity contribution < 1.29 is 9.53 Å². The van der Waals surface area contributed by atoms with E-state index < -0.39 is 0 Å². The molecule has 1 saturated heterocycles. The summed E-state index contributed by atoms with van der Waals surface area (Å²) in [4.78, 5) is 12.5. The second-order valence-corrected chi connectivity index (χ2v) is 5.12. The summed E-state index contributed by atoms with van der Waals surface area (Å²) >= 11 is 0. The summed E-state index contributed by atoms with van der Waals surface area (Å²) in [5.41, 5.74) is 0.0331. The van der Waals surface area contributed by atoms with Gasteiger partial charge in [-0.15, -0.1) is 0 Å². The summed E-state index contributed by atoms with van der Waals surface area (Å²) in [6.07, 6.45) is 7.89. The van der Waals surface area contributed by atoms with E-state index in [-0.39, 0.29) is 11.3 Å². The first-order valence-electron chi connectivity index (χ1n) is 6.40. The standard InChI is InChI=1S/C13H22O2/c1-2-13(7-3-4-8-13)12(14)11-6-5-9-15-10-11/h11H,2-10H2,1H3. The number of Topliss-reactive ketones (excluding diaryl/α,β-unsaturated/α-hetero) is 1. The average Bonchev–Trinajstić information content (AvgIpc) is 2.79. The number of hydrogen-bond donors (Lipinski definition) is 0. The fourth-order valence-corrected chi connectivity index (χ4v) is 3.21. The van der Waals surface area contributed by atoms with Gasteiger partial charge in [0.2, 0.25) is 0 Å². The van der Waals surface area contributed by atoms with Gasteiger partial charge >= 0.3 is 0 Å². The molecule has 0 aromatic heterocycles. The molecule has 1 atom stereocenters. The maximum Gasteiger partial charge on any atom is 0.144 e. The van der Waals surface area contributed by atoms with Crippen molar-refractivity contribution in [2.24, 2.45) is 11.3 Å². The van der Waals surface area contributed by atoms with Crippen LogP contribution >= 0.6 is 0 Å². The van der Waals surface area contributed by atoms with Crippen LogP contribution in [-0.2, 0) is 9.53 Å². The highest BCUT2D eigenvalue weighted by Crippen LogP contribution is 2.44. The molecule has 1 unspecified atom stereocenters. The van der Waals surface area contributed by atoms with Crippen LogP contribution in [0.1, 0.15) is 51.9 Å². The Morgan fingerprint density at radius 3 is 2.60 bits per heavy atom. The Balaban J connectivity index is 2.03. The van der Waals surface area contributed by atoms with E-state index in [1.165, 1.54) is 12.8 Å². The Hall–Kier alpha value is -0.370. The van der Waals surface area contributed by atoms with Gasteiger partial charge in [0.25, 0.3) is 0 Å². The molecular formula is C13H22O2. The van der Waals surface area contributed by atoms with Crippen molar-refractivity contribution in [3.05, 3.63) is 0 Å². The molecule has 2 fully saturated rings. The van der Waals surface area contributed by atoms with E-state index in [2.05, 4.69) is 6.92 Å². The van der Waals surface area contributed by atoms with Crippen LogP contribution in [0.5, 0.6) is 0 Å². The van der Waals surface area contributed by atoms with Crippen LogP contribution in [0.4, 0.5) is 0 Å². The summed E-state index contributed by atoms with van der Waals surface area (Å²) in [6, 6.07) is 0. The van der Waals surface area contributed by atoms with Crippen molar-refractivity contribution in [3.8, 4) is 0 Å². The van der Waals surface area contributed by atoms with Gasteiger partial charge in [0.15, 0.2) is 0 Å². The van der Waals surface area contributed by atoms with E-state index in [9.17, 15) is 4.79 Å². The maximum absolute atomic E-state index is 12.5. The Morgan fingerprint density at radius 1 is 1.33 bits per heavy atom. The molecule has 0 radical (unpaired) electrons. The number of carbonyl (C=O) groups excluding carboxylic acids is 1. The van der Waals surface area contributed by atoms with E-state index in [0.717, 1.165) is 38.7 Å². The van der Waals surface area contributed by atoms with Crippen LogP contribution < -0.4 is 0 Å². The first kappa shape index (κ1) is 11.1. The molecule has 86 valence electrons. The van der Waals surface area contributed by atoms with Crippen molar-refractivity contribution >= 4 is 5.78 Å². The van der Waals surface area contributed by atoms with Gasteiger partial charge in [-0.25, -0.2) is 0 Å². The molecule has 1 saturated carbocycles. The van der Waals surface area contributed by atoms with Crippen molar-refractivity contribution in [3.63, 3.8) is 0 Å². The lowest BCUT2D eigenvalue weighted by atomic mass is 9.73. The maximum atomic E-state index is 12.5. The minimum Gasteiger partial charge on any atom is -0.381 e. The molecule has 0 aromatic carbocycles. The molecule has 2 nitrogen and oxygen atoms in total. The van der Waals surface area contributed by atoms with E-state index in [4.69, 9.17) is 4.74 Å². The molecule has 1 aliphatic heterocycles. The van der Waals surface area contributed by atoms with E-state index in [0.29, 0.717) is 12.4 Å². The Labute approximate surface area is 92.4 Å². The summed E-state index contributed by atoms with van der Waals surface area (Å²) in [5, 5.41) is 0. The first-order valence-corrected chi connectivity index (χ1v) is 6.40. The van der Waals surface area contributed by atoms with Gasteiger partial charge < -0.3 is 4.74 Å². The normalized spacial score (nSPS) is 30.3. The molecule has 0 N–H and O–H groups in total. The zero-order valence-electron chi connectivity index (χ0n) is 9.76. The predicted octanol–water partition coefficient (Wildman–Crippen LogP) is 2.95. The molecule has 2 rings (SSSR count). The SMILES string of the molecule is CCC1(C(=O)C2CCCOC2)CCCC1. The van der Waals surface area contributed by atoms with Crippen LogP contribution in [0.3, 0.4) is 0 Å². The van der Waals surface area contributed by atoms with Crippen LogP contribution in [0.25, 0.3) is 0 Å². The summed E-state index contributed by atoms with van der Waals surface area (Å²) in [5.74, 6) is 0.721. The molecule has 2 heteroatoms. The smallest absolute Gasteiger partial charge is 0.144 e. The van der Waals surface area contributed by atoms with Gasteiger partial charge in [0.1, 0.15) is 5.78 Å².